The molecule has 1 N–H and O–H groups in total. The third-order valence-corrected chi connectivity index (χ3v) is 4.39. The number of ether oxygens (including phenoxy) is 1. The monoisotopic (exact) mass is 391 g/mol. The zero-order valence-electron chi connectivity index (χ0n) is 15.9. The van der Waals surface area contributed by atoms with Crippen LogP contribution in [0.15, 0.2) is 24.3 Å². The SMILES string of the molecule is [B]c1ccc(-c2nc([C@@H]3CCCN3C(=O)OC(C)(C)C)[nH]c2C(F)(F)F)cc1. The number of halogens is 3. The Morgan fingerprint density at radius 1 is 1.25 bits per heavy atom. The van der Waals surface area contributed by atoms with Crippen LogP contribution < -0.4 is 5.46 Å². The van der Waals surface area contributed by atoms with Crippen molar-refractivity contribution in [3.63, 3.8) is 0 Å². The first-order valence-electron chi connectivity index (χ1n) is 8.98. The molecule has 0 saturated carbocycles. The number of hydrogen-bond donors (Lipinski definition) is 1. The van der Waals surface area contributed by atoms with Crippen molar-refractivity contribution in [2.45, 2.75) is 51.4 Å². The maximum atomic E-state index is 13.6. The maximum Gasteiger partial charge on any atom is 0.433 e. The van der Waals surface area contributed by atoms with Crippen molar-refractivity contribution in [1.29, 1.82) is 0 Å². The Hall–Kier alpha value is -2.45. The fourth-order valence-electron chi connectivity index (χ4n) is 3.19. The van der Waals surface area contributed by atoms with E-state index in [4.69, 9.17) is 12.6 Å². The Bertz CT molecular complexity index is 857. The summed E-state index contributed by atoms with van der Waals surface area (Å²) in [7, 11) is 5.63. The van der Waals surface area contributed by atoms with Crippen LogP contribution in [0.4, 0.5) is 18.0 Å². The van der Waals surface area contributed by atoms with Crippen LogP contribution in [0.1, 0.15) is 51.2 Å². The van der Waals surface area contributed by atoms with Crippen LogP contribution in [0.5, 0.6) is 0 Å². The second-order valence-electron chi connectivity index (χ2n) is 7.80. The van der Waals surface area contributed by atoms with Gasteiger partial charge in [-0.3, -0.25) is 4.90 Å². The normalized spacial score (nSPS) is 17.8. The summed E-state index contributed by atoms with van der Waals surface area (Å²) in [5.74, 6) is 0.0995. The van der Waals surface area contributed by atoms with Crippen molar-refractivity contribution in [2.75, 3.05) is 6.54 Å². The number of hydrogen-bond acceptors (Lipinski definition) is 3. The summed E-state index contributed by atoms with van der Waals surface area (Å²) in [5, 5.41) is 0. The van der Waals surface area contributed by atoms with Gasteiger partial charge in [0.05, 0.1) is 6.04 Å². The molecule has 0 bridgehead atoms. The van der Waals surface area contributed by atoms with E-state index in [-0.39, 0.29) is 11.5 Å². The van der Waals surface area contributed by atoms with Gasteiger partial charge in [-0.1, -0.05) is 29.7 Å². The number of carbonyl (C=O) groups is 1. The fraction of sp³-hybridized carbons (Fsp3) is 0.474. The van der Waals surface area contributed by atoms with Gasteiger partial charge in [0.25, 0.3) is 0 Å². The van der Waals surface area contributed by atoms with Crippen molar-refractivity contribution < 1.29 is 22.7 Å². The van der Waals surface area contributed by atoms with Gasteiger partial charge in [-0.05, 0) is 33.6 Å². The second-order valence-corrected chi connectivity index (χ2v) is 7.80. The number of likely N-dealkylation sites (tertiary alicyclic amines) is 1. The van der Waals surface area contributed by atoms with Gasteiger partial charge in [0.2, 0.25) is 0 Å². The van der Waals surface area contributed by atoms with E-state index < -0.39 is 29.6 Å². The number of aromatic amines is 1. The van der Waals surface area contributed by atoms with Crippen molar-refractivity contribution >= 4 is 19.4 Å². The second kappa shape index (κ2) is 7.18. The van der Waals surface area contributed by atoms with Crippen molar-refractivity contribution in [2.24, 2.45) is 0 Å². The minimum absolute atomic E-state index is 0.0995. The molecule has 5 nitrogen and oxygen atoms in total. The molecule has 0 spiro atoms. The van der Waals surface area contributed by atoms with E-state index >= 15 is 0 Å². The summed E-state index contributed by atoms with van der Waals surface area (Å²) in [6.45, 7) is 5.62. The Morgan fingerprint density at radius 3 is 2.46 bits per heavy atom. The highest BCUT2D eigenvalue weighted by Gasteiger charge is 2.41. The van der Waals surface area contributed by atoms with Crippen molar-refractivity contribution in [3.05, 3.63) is 35.8 Å². The molecule has 2 heterocycles. The number of H-pyrrole nitrogens is 1. The molecule has 1 aliphatic rings. The first kappa shape index (κ1) is 20.3. The maximum absolute atomic E-state index is 13.6. The molecule has 1 fully saturated rings. The minimum atomic E-state index is -4.61. The molecule has 2 radical (unpaired) electrons. The summed E-state index contributed by atoms with van der Waals surface area (Å²) in [6.07, 6.45) is -4.01. The van der Waals surface area contributed by atoms with Gasteiger partial charge in [-0.25, -0.2) is 9.78 Å². The lowest BCUT2D eigenvalue weighted by molar-refractivity contribution is -0.140. The van der Waals surface area contributed by atoms with Crippen LogP contribution in [0, 0.1) is 0 Å². The van der Waals surface area contributed by atoms with Gasteiger partial charge in [0, 0.05) is 12.1 Å². The number of alkyl halides is 3. The highest BCUT2D eigenvalue weighted by atomic mass is 19.4. The molecule has 9 heteroatoms. The number of aromatic nitrogens is 2. The predicted octanol–water partition coefficient (Wildman–Crippen LogP) is 3.96. The summed E-state index contributed by atoms with van der Waals surface area (Å²) >= 11 is 0. The first-order chi connectivity index (χ1) is 13.0. The summed E-state index contributed by atoms with van der Waals surface area (Å²) in [4.78, 5) is 20.5. The van der Waals surface area contributed by atoms with Crippen LogP contribution in [0.3, 0.4) is 0 Å². The summed E-state index contributed by atoms with van der Waals surface area (Å²) < 4.78 is 46.2. The lowest BCUT2D eigenvalue weighted by Crippen LogP contribution is -2.36. The van der Waals surface area contributed by atoms with Crippen LogP contribution in [-0.2, 0) is 10.9 Å². The average Bonchev–Trinajstić information content (AvgIpc) is 3.20. The molecule has 0 aliphatic carbocycles. The van der Waals surface area contributed by atoms with Gasteiger partial charge in [0.1, 0.15) is 30.7 Å². The molecule has 1 aliphatic heterocycles. The molecular weight excluding hydrogens is 370 g/mol. The number of imidazole rings is 1. The van der Waals surface area contributed by atoms with E-state index in [2.05, 4.69) is 9.97 Å². The first-order valence-corrected chi connectivity index (χ1v) is 8.98. The Kier molecular flexibility index (Phi) is 5.21. The number of nitrogens with one attached hydrogen (secondary N) is 1. The van der Waals surface area contributed by atoms with E-state index in [1.54, 1.807) is 20.8 Å². The molecule has 148 valence electrons. The highest BCUT2D eigenvalue weighted by molar-refractivity contribution is 6.32. The standard InChI is InChI=1S/C19H21BF3N3O2/c1-18(2,3)28-17(27)26-10-4-5-13(26)16-24-14(15(25-16)19(21,22)23)11-6-8-12(20)9-7-11/h6-9,13H,4-5,10H2,1-3H3,(H,24,25)/t13-/m0/s1. The smallest absolute Gasteiger partial charge is 0.433 e. The largest absolute Gasteiger partial charge is 0.444 e. The third-order valence-electron chi connectivity index (χ3n) is 4.39. The number of carbonyl (C=O) groups excluding carboxylic acids is 1. The summed E-state index contributed by atoms with van der Waals surface area (Å²) in [5.41, 5.74) is -1.10. The quantitative estimate of drug-likeness (QED) is 0.789. The topological polar surface area (TPSA) is 58.2 Å². The molecule has 2 aromatic rings. The number of amides is 1. The molecule has 28 heavy (non-hydrogen) atoms. The molecule has 0 unspecified atom stereocenters. The van der Waals surface area contributed by atoms with E-state index in [0.717, 1.165) is 0 Å². The highest BCUT2D eigenvalue weighted by Crippen LogP contribution is 2.39. The molecule has 1 aromatic heterocycles. The zero-order valence-corrected chi connectivity index (χ0v) is 15.9. The van der Waals surface area contributed by atoms with Crippen LogP contribution >= 0.6 is 0 Å². The zero-order chi connectivity index (χ0) is 20.7. The number of rotatable bonds is 2. The van der Waals surface area contributed by atoms with Gasteiger partial charge in [-0.2, -0.15) is 13.2 Å². The Labute approximate surface area is 162 Å². The number of benzene rings is 1. The minimum Gasteiger partial charge on any atom is -0.444 e. The third kappa shape index (κ3) is 4.34. The molecule has 1 saturated heterocycles. The van der Waals surface area contributed by atoms with Gasteiger partial charge >= 0.3 is 12.3 Å². The lowest BCUT2D eigenvalue weighted by atomic mass is 9.94. The van der Waals surface area contributed by atoms with Gasteiger partial charge in [0.15, 0.2) is 0 Å². The van der Waals surface area contributed by atoms with Crippen LogP contribution in [0.2, 0.25) is 0 Å². The van der Waals surface area contributed by atoms with E-state index in [0.29, 0.717) is 30.4 Å². The Balaban J connectivity index is 1.98. The van der Waals surface area contributed by atoms with E-state index in [1.165, 1.54) is 29.2 Å². The molecule has 3 rings (SSSR count). The van der Waals surface area contributed by atoms with E-state index in [1.807, 2.05) is 0 Å². The summed E-state index contributed by atoms with van der Waals surface area (Å²) in [6, 6.07) is 5.42. The molecular formula is C19H21BF3N3O2. The van der Waals surface area contributed by atoms with Crippen molar-refractivity contribution in [3.8, 4) is 11.3 Å². The Morgan fingerprint density at radius 2 is 1.89 bits per heavy atom. The lowest BCUT2D eigenvalue weighted by Gasteiger charge is -2.27. The van der Waals surface area contributed by atoms with Crippen molar-refractivity contribution in [1.82, 2.24) is 14.9 Å². The average molecular weight is 391 g/mol. The van der Waals surface area contributed by atoms with Gasteiger partial charge in [-0.15, -0.1) is 0 Å². The molecule has 1 amide bonds. The number of nitrogens with zero attached hydrogens (tertiary/aromatic N) is 2. The molecule has 1 atom stereocenters. The molecule has 1 aromatic carbocycles. The predicted molar refractivity (Wildman–Crippen MR) is 99.3 cm³/mol. The van der Waals surface area contributed by atoms with E-state index in [9.17, 15) is 18.0 Å². The fourth-order valence-corrected chi connectivity index (χ4v) is 3.19. The van der Waals surface area contributed by atoms with Crippen LogP contribution in [0.25, 0.3) is 11.3 Å². The van der Waals surface area contributed by atoms with Crippen LogP contribution in [-0.4, -0.2) is 41.0 Å². The van der Waals surface area contributed by atoms with Gasteiger partial charge < -0.3 is 9.72 Å².